The van der Waals surface area contributed by atoms with Gasteiger partial charge in [0.2, 0.25) is 0 Å². The first-order valence-electron chi connectivity index (χ1n) is 8.81. The molecule has 0 spiro atoms. The summed E-state index contributed by atoms with van der Waals surface area (Å²) < 4.78 is 0. The molecule has 27 heavy (non-hydrogen) atoms. The van der Waals surface area contributed by atoms with Gasteiger partial charge in [-0.3, -0.25) is 10.2 Å². The van der Waals surface area contributed by atoms with Crippen LogP contribution in [0.4, 0.5) is 16.4 Å². The van der Waals surface area contributed by atoms with Crippen LogP contribution in [0.2, 0.25) is 5.02 Å². The number of amides is 2. The van der Waals surface area contributed by atoms with Crippen molar-refractivity contribution < 1.29 is 4.79 Å². The summed E-state index contributed by atoms with van der Waals surface area (Å²) in [5.41, 5.74) is 2.78. The number of carbonyl (C=O) groups excluding carboxylic acids is 1. The van der Waals surface area contributed by atoms with E-state index in [0.29, 0.717) is 23.2 Å². The first kappa shape index (κ1) is 17.4. The minimum Gasteiger partial charge on any atom is -0.292 e. The molecular weight excluding hydrogens is 362 g/mol. The number of carbonyl (C=O) groups is 1. The first-order chi connectivity index (χ1) is 13.2. The van der Waals surface area contributed by atoms with E-state index in [1.54, 1.807) is 17.2 Å². The lowest BCUT2D eigenvalue weighted by Crippen LogP contribution is -2.36. The van der Waals surface area contributed by atoms with Crippen molar-refractivity contribution in [3.05, 3.63) is 65.6 Å². The quantitative estimate of drug-likeness (QED) is 0.708. The third-order valence-electron chi connectivity index (χ3n) is 4.47. The number of halogens is 1. The molecule has 0 atom stereocenters. The van der Waals surface area contributed by atoms with E-state index in [4.69, 9.17) is 16.6 Å². The number of rotatable bonds is 2. The minimum atomic E-state index is -0.243. The highest BCUT2D eigenvalue weighted by atomic mass is 35.5. The van der Waals surface area contributed by atoms with Gasteiger partial charge in [-0.2, -0.15) is 0 Å². The molecule has 0 radical (unpaired) electrons. The summed E-state index contributed by atoms with van der Waals surface area (Å²) >= 11 is 6.12. The van der Waals surface area contributed by atoms with Gasteiger partial charge in [-0.1, -0.05) is 29.8 Å². The number of urea groups is 1. The number of fused-ring (bicyclic) bond motifs is 1. The second-order valence-electron chi connectivity index (χ2n) is 6.32. The number of hydrogen-bond donors (Lipinski definition) is 1. The van der Waals surface area contributed by atoms with Crippen molar-refractivity contribution in [2.24, 2.45) is 0 Å². The Bertz CT molecular complexity index is 964. The van der Waals surface area contributed by atoms with E-state index in [0.717, 1.165) is 36.1 Å². The number of nitrogens with zero attached hydrogens (tertiary/aromatic N) is 4. The zero-order valence-electron chi connectivity index (χ0n) is 14.6. The Balaban J connectivity index is 1.69. The molecule has 7 heteroatoms. The van der Waals surface area contributed by atoms with Gasteiger partial charge in [-0.25, -0.2) is 19.7 Å². The predicted octanol–water partition coefficient (Wildman–Crippen LogP) is 4.57. The van der Waals surface area contributed by atoms with Gasteiger partial charge in [0, 0.05) is 23.3 Å². The smallest absolute Gasteiger partial charge is 0.292 e. The van der Waals surface area contributed by atoms with Gasteiger partial charge in [0.25, 0.3) is 0 Å². The molecule has 0 aliphatic carbocycles. The normalized spacial score (nSPS) is 13.6. The molecule has 0 fully saturated rings. The van der Waals surface area contributed by atoms with Crippen LogP contribution in [0.5, 0.6) is 0 Å². The number of aryl methyl sites for hydroxylation is 1. The molecule has 3 heterocycles. The molecular formula is C20H18ClN5O. The van der Waals surface area contributed by atoms with Crippen LogP contribution in [0.15, 0.2) is 55.0 Å². The molecule has 6 nitrogen and oxygen atoms in total. The monoisotopic (exact) mass is 379 g/mol. The summed E-state index contributed by atoms with van der Waals surface area (Å²) in [5, 5.41) is 3.48. The molecule has 0 unspecified atom stereocenters. The van der Waals surface area contributed by atoms with E-state index in [2.05, 4.69) is 21.4 Å². The van der Waals surface area contributed by atoms with Crippen molar-refractivity contribution >= 4 is 29.3 Å². The topological polar surface area (TPSA) is 71.0 Å². The number of aromatic nitrogens is 3. The molecule has 1 N–H and O–H groups in total. The van der Waals surface area contributed by atoms with Crippen LogP contribution in [-0.2, 0) is 6.42 Å². The molecule has 136 valence electrons. The molecule has 1 aliphatic heterocycles. The van der Waals surface area contributed by atoms with Crippen molar-refractivity contribution in [3.8, 4) is 11.3 Å². The third-order valence-corrected chi connectivity index (χ3v) is 4.71. The minimum absolute atomic E-state index is 0.243. The first-order valence-corrected chi connectivity index (χ1v) is 9.19. The zero-order chi connectivity index (χ0) is 18.6. The van der Waals surface area contributed by atoms with Crippen LogP contribution in [-0.4, -0.2) is 27.5 Å². The highest BCUT2D eigenvalue weighted by Crippen LogP contribution is 2.29. The molecule has 1 aliphatic rings. The second-order valence-corrected chi connectivity index (χ2v) is 6.76. The Morgan fingerprint density at radius 2 is 2.07 bits per heavy atom. The number of hydrogen-bond acceptors (Lipinski definition) is 4. The summed E-state index contributed by atoms with van der Waals surface area (Å²) in [6.45, 7) is 0.607. The molecule has 3 aromatic rings. The van der Waals surface area contributed by atoms with Gasteiger partial charge in [-0.15, -0.1) is 0 Å². The van der Waals surface area contributed by atoms with Gasteiger partial charge >= 0.3 is 6.03 Å². The van der Waals surface area contributed by atoms with E-state index >= 15 is 0 Å². The van der Waals surface area contributed by atoms with E-state index in [1.165, 1.54) is 6.33 Å². The van der Waals surface area contributed by atoms with Gasteiger partial charge in [-0.05, 0) is 49.1 Å². The fraction of sp³-hybridized carbons (Fsp3) is 0.200. The van der Waals surface area contributed by atoms with Crippen LogP contribution < -0.4 is 10.2 Å². The average molecular weight is 380 g/mol. The van der Waals surface area contributed by atoms with E-state index in [9.17, 15) is 4.79 Å². The summed E-state index contributed by atoms with van der Waals surface area (Å²) in [7, 11) is 0. The lowest BCUT2D eigenvalue weighted by molar-refractivity contribution is 0.256. The van der Waals surface area contributed by atoms with Crippen molar-refractivity contribution in [2.75, 3.05) is 16.8 Å². The molecule has 2 amide bonds. The van der Waals surface area contributed by atoms with Crippen molar-refractivity contribution in [3.63, 3.8) is 0 Å². The highest BCUT2D eigenvalue weighted by molar-refractivity contribution is 6.30. The Hall–Kier alpha value is -2.99. The summed E-state index contributed by atoms with van der Waals surface area (Å²) in [6, 6.07) is 13.0. The third kappa shape index (κ3) is 3.90. The van der Waals surface area contributed by atoms with Crippen LogP contribution in [0.3, 0.4) is 0 Å². The lowest BCUT2D eigenvalue weighted by Gasteiger charge is -2.22. The molecule has 0 saturated heterocycles. The Labute approximate surface area is 162 Å². The predicted molar refractivity (Wildman–Crippen MR) is 106 cm³/mol. The number of anilines is 2. The zero-order valence-corrected chi connectivity index (χ0v) is 15.4. The van der Waals surface area contributed by atoms with Crippen molar-refractivity contribution in [2.45, 2.75) is 19.3 Å². The maximum Gasteiger partial charge on any atom is 0.328 e. The second kappa shape index (κ2) is 7.72. The van der Waals surface area contributed by atoms with E-state index in [1.807, 2.05) is 30.3 Å². The van der Waals surface area contributed by atoms with Crippen molar-refractivity contribution in [1.29, 1.82) is 0 Å². The maximum absolute atomic E-state index is 12.9. The number of benzene rings is 1. The van der Waals surface area contributed by atoms with Gasteiger partial charge in [0.05, 0.1) is 5.69 Å². The molecule has 4 rings (SSSR count). The van der Waals surface area contributed by atoms with Crippen molar-refractivity contribution in [1.82, 2.24) is 15.0 Å². The average Bonchev–Trinajstić information content (AvgIpc) is 2.90. The largest absolute Gasteiger partial charge is 0.328 e. The molecule has 1 aromatic carbocycles. The van der Waals surface area contributed by atoms with Crippen LogP contribution in [0, 0.1) is 0 Å². The molecule has 2 aromatic heterocycles. The summed E-state index contributed by atoms with van der Waals surface area (Å²) in [4.78, 5) is 27.3. The van der Waals surface area contributed by atoms with Crippen LogP contribution in [0.25, 0.3) is 11.3 Å². The van der Waals surface area contributed by atoms with E-state index in [-0.39, 0.29) is 6.03 Å². The lowest BCUT2D eigenvalue weighted by atomic mass is 10.1. The van der Waals surface area contributed by atoms with Gasteiger partial charge in [0.1, 0.15) is 18.0 Å². The number of nitrogens with one attached hydrogen (secondary N) is 1. The number of pyridine rings is 1. The Morgan fingerprint density at radius 3 is 2.89 bits per heavy atom. The fourth-order valence-electron chi connectivity index (χ4n) is 3.15. The summed E-state index contributed by atoms with van der Waals surface area (Å²) in [5.74, 6) is 1.16. The summed E-state index contributed by atoms with van der Waals surface area (Å²) in [6.07, 6.45) is 5.83. The standard InChI is InChI=1S/C20H18ClN5O/c21-16-6-3-5-15(12-16)17-8-7-14-4-1-2-11-26(19(14)24-17)20(27)25-18-9-10-22-13-23-18/h3,5-10,12-13H,1-2,4,11H2,(H,22,23,25,27). The van der Waals surface area contributed by atoms with Gasteiger partial charge in [0.15, 0.2) is 0 Å². The molecule has 0 saturated carbocycles. The SMILES string of the molecule is O=C(Nc1ccncn1)N1CCCCc2ccc(-c3cccc(Cl)c3)nc21. The fourth-order valence-corrected chi connectivity index (χ4v) is 3.34. The van der Waals surface area contributed by atoms with Crippen LogP contribution >= 0.6 is 11.6 Å². The maximum atomic E-state index is 12.9. The Morgan fingerprint density at radius 1 is 1.15 bits per heavy atom. The Kier molecular flexibility index (Phi) is 4.98. The van der Waals surface area contributed by atoms with Gasteiger partial charge < -0.3 is 0 Å². The highest BCUT2D eigenvalue weighted by Gasteiger charge is 2.23. The van der Waals surface area contributed by atoms with E-state index < -0.39 is 0 Å². The molecule has 0 bridgehead atoms. The van der Waals surface area contributed by atoms with Crippen LogP contribution in [0.1, 0.15) is 18.4 Å².